The number of benzene rings is 2. The number of carbonyl (C=O) groups is 2. The number of amides is 2. The van der Waals surface area contributed by atoms with E-state index in [-0.39, 0.29) is 5.91 Å². The van der Waals surface area contributed by atoms with Crippen molar-refractivity contribution in [1.82, 2.24) is 0 Å². The van der Waals surface area contributed by atoms with Gasteiger partial charge < -0.3 is 20.7 Å². The van der Waals surface area contributed by atoms with E-state index < -0.39 is 5.91 Å². The summed E-state index contributed by atoms with van der Waals surface area (Å²) in [5.74, 6) is -0.744. The van der Waals surface area contributed by atoms with Gasteiger partial charge in [-0.2, -0.15) is 0 Å². The first-order valence-corrected chi connectivity index (χ1v) is 7.78. The molecule has 3 N–H and O–H groups in total. The number of nitrogens with two attached hydrogens (primary N) is 1. The summed E-state index contributed by atoms with van der Waals surface area (Å²) < 4.78 is 5.38. The lowest BCUT2D eigenvalue weighted by Crippen LogP contribution is -2.36. The van der Waals surface area contributed by atoms with E-state index in [2.05, 4.69) is 10.2 Å². The maximum Gasteiger partial charge on any atom is 0.255 e. The second kappa shape index (κ2) is 7.14. The van der Waals surface area contributed by atoms with Crippen molar-refractivity contribution in [3.8, 4) is 0 Å². The lowest BCUT2D eigenvalue weighted by atomic mass is 10.1. The molecular formula is C18H19N3O3. The monoisotopic (exact) mass is 325 g/mol. The minimum absolute atomic E-state index is 0.230. The van der Waals surface area contributed by atoms with Crippen molar-refractivity contribution < 1.29 is 14.3 Å². The SMILES string of the molecule is NC(=O)c1ccc(C(=O)Nc2ccccc2N2CCOCC2)cc1. The second-order valence-electron chi connectivity index (χ2n) is 5.51. The van der Waals surface area contributed by atoms with Crippen LogP contribution in [0.5, 0.6) is 0 Å². The van der Waals surface area contributed by atoms with E-state index in [0.717, 1.165) is 24.5 Å². The van der Waals surface area contributed by atoms with Crippen molar-refractivity contribution in [1.29, 1.82) is 0 Å². The van der Waals surface area contributed by atoms with Gasteiger partial charge in [0, 0.05) is 24.2 Å². The third-order valence-electron chi connectivity index (χ3n) is 3.94. The summed E-state index contributed by atoms with van der Waals surface area (Å²) in [6, 6.07) is 14.0. The molecule has 0 saturated carbocycles. The molecule has 0 spiro atoms. The number of ether oxygens (including phenoxy) is 1. The Balaban J connectivity index is 1.77. The molecule has 2 aromatic rings. The van der Waals surface area contributed by atoms with Gasteiger partial charge in [-0.1, -0.05) is 12.1 Å². The molecule has 2 aromatic carbocycles. The lowest BCUT2D eigenvalue weighted by molar-refractivity contribution is 0.0995. The average Bonchev–Trinajstić information content (AvgIpc) is 2.63. The molecular weight excluding hydrogens is 306 g/mol. The summed E-state index contributed by atoms with van der Waals surface area (Å²) in [6.07, 6.45) is 0. The number of carbonyl (C=O) groups excluding carboxylic acids is 2. The summed E-state index contributed by atoms with van der Waals surface area (Å²) in [5, 5.41) is 2.94. The quantitative estimate of drug-likeness (QED) is 0.899. The number of nitrogens with zero attached hydrogens (tertiary/aromatic N) is 1. The summed E-state index contributed by atoms with van der Waals surface area (Å²) in [7, 11) is 0. The van der Waals surface area contributed by atoms with E-state index in [0.29, 0.717) is 24.3 Å². The Bertz CT molecular complexity index is 737. The Morgan fingerprint density at radius 2 is 1.58 bits per heavy atom. The number of anilines is 2. The van der Waals surface area contributed by atoms with Crippen LogP contribution >= 0.6 is 0 Å². The Kier molecular flexibility index (Phi) is 4.77. The highest BCUT2D eigenvalue weighted by atomic mass is 16.5. The molecule has 124 valence electrons. The molecule has 1 saturated heterocycles. The van der Waals surface area contributed by atoms with E-state index in [1.807, 2.05) is 24.3 Å². The Labute approximate surface area is 140 Å². The van der Waals surface area contributed by atoms with Crippen LogP contribution < -0.4 is 16.0 Å². The van der Waals surface area contributed by atoms with Crippen LogP contribution in [0.15, 0.2) is 48.5 Å². The van der Waals surface area contributed by atoms with Gasteiger partial charge in [0.25, 0.3) is 5.91 Å². The highest BCUT2D eigenvalue weighted by Gasteiger charge is 2.16. The van der Waals surface area contributed by atoms with E-state index in [1.54, 1.807) is 24.3 Å². The van der Waals surface area contributed by atoms with Gasteiger partial charge in [-0.25, -0.2) is 0 Å². The van der Waals surface area contributed by atoms with Crippen molar-refractivity contribution in [2.45, 2.75) is 0 Å². The maximum absolute atomic E-state index is 12.5. The fourth-order valence-corrected chi connectivity index (χ4v) is 2.64. The molecule has 1 fully saturated rings. The van der Waals surface area contributed by atoms with Crippen molar-refractivity contribution in [2.24, 2.45) is 5.73 Å². The minimum Gasteiger partial charge on any atom is -0.378 e. The number of morpholine rings is 1. The molecule has 6 heteroatoms. The number of hydrogen-bond donors (Lipinski definition) is 2. The molecule has 3 rings (SSSR count). The number of rotatable bonds is 4. The Morgan fingerprint density at radius 1 is 0.958 bits per heavy atom. The third-order valence-corrected chi connectivity index (χ3v) is 3.94. The molecule has 1 aliphatic heterocycles. The van der Waals surface area contributed by atoms with Crippen LogP contribution in [-0.4, -0.2) is 38.1 Å². The van der Waals surface area contributed by atoms with Gasteiger partial charge in [-0.15, -0.1) is 0 Å². The standard InChI is InChI=1S/C18H19N3O3/c19-17(22)13-5-7-14(8-6-13)18(23)20-15-3-1-2-4-16(15)21-9-11-24-12-10-21/h1-8H,9-12H2,(H2,19,22)(H,20,23). The van der Waals surface area contributed by atoms with E-state index in [1.165, 1.54) is 0 Å². The number of para-hydroxylation sites is 2. The van der Waals surface area contributed by atoms with Crippen LogP contribution in [0.3, 0.4) is 0 Å². The van der Waals surface area contributed by atoms with Gasteiger partial charge in [0.15, 0.2) is 0 Å². The van der Waals surface area contributed by atoms with Gasteiger partial charge >= 0.3 is 0 Å². The molecule has 6 nitrogen and oxygen atoms in total. The van der Waals surface area contributed by atoms with Crippen LogP contribution in [0.25, 0.3) is 0 Å². The zero-order chi connectivity index (χ0) is 16.9. The van der Waals surface area contributed by atoms with Crippen LogP contribution in [-0.2, 0) is 4.74 Å². The first kappa shape index (κ1) is 16.0. The highest BCUT2D eigenvalue weighted by Crippen LogP contribution is 2.26. The second-order valence-corrected chi connectivity index (χ2v) is 5.51. The average molecular weight is 325 g/mol. The normalized spacial score (nSPS) is 14.2. The third kappa shape index (κ3) is 3.55. The Hall–Kier alpha value is -2.86. The smallest absolute Gasteiger partial charge is 0.255 e. The fourth-order valence-electron chi connectivity index (χ4n) is 2.64. The summed E-state index contributed by atoms with van der Waals surface area (Å²) in [5.41, 5.74) is 7.78. The van der Waals surface area contributed by atoms with E-state index >= 15 is 0 Å². The molecule has 24 heavy (non-hydrogen) atoms. The molecule has 0 atom stereocenters. The Morgan fingerprint density at radius 3 is 2.25 bits per heavy atom. The van der Waals surface area contributed by atoms with E-state index in [9.17, 15) is 9.59 Å². The van der Waals surface area contributed by atoms with Gasteiger partial charge in [0.05, 0.1) is 24.6 Å². The lowest BCUT2D eigenvalue weighted by Gasteiger charge is -2.30. The number of nitrogens with one attached hydrogen (secondary N) is 1. The minimum atomic E-state index is -0.514. The summed E-state index contributed by atoms with van der Waals surface area (Å²) in [4.78, 5) is 25.7. The van der Waals surface area contributed by atoms with Gasteiger partial charge in [-0.3, -0.25) is 9.59 Å². The predicted octanol–water partition coefficient (Wildman–Crippen LogP) is 1.87. The number of primary amides is 1. The predicted molar refractivity (Wildman–Crippen MR) is 92.4 cm³/mol. The van der Waals surface area contributed by atoms with Crippen LogP contribution in [0, 0.1) is 0 Å². The first-order chi connectivity index (χ1) is 11.6. The molecule has 0 aliphatic carbocycles. The topological polar surface area (TPSA) is 84.7 Å². The first-order valence-electron chi connectivity index (χ1n) is 7.78. The van der Waals surface area contributed by atoms with Gasteiger partial charge in [0.1, 0.15) is 0 Å². The molecule has 0 unspecified atom stereocenters. The number of hydrogen-bond acceptors (Lipinski definition) is 4. The molecule has 1 aliphatic rings. The van der Waals surface area contributed by atoms with Crippen molar-refractivity contribution in [3.05, 3.63) is 59.7 Å². The summed E-state index contributed by atoms with van der Waals surface area (Å²) >= 11 is 0. The molecule has 0 aromatic heterocycles. The van der Waals surface area contributed by atoms with E-state index in [4.69, 9.17) is 10.5 Å². The van der Waals surface area contributed by atoms with Crippen LogP contribution in [0.1, 0.15) is 20.7 Å². The largest absolute Gasteiger partial charge is 0.378 e. The fraction of sp³-hybridized carbons (Fsp3) is 0.222. The maximum atomic E-state index is 12.5. The zero-order valence-corrected chi connectivity index (χ0v) is 13.2. The summed E-state index contributed by atoms with van der Waals surface area (Å²) in [6.45, 7) is 2.94. The molecule has 2 amide bonds. The highest BCUT2D eigenvalue weighted by molar-refractivity contribution is 6.06. The van der Waals surface area contributed by atoms with Crippen LogP contribution in [0.2, 0.25) is 0 Å². The van der Waals surface area contributed by atoms with Gasteiger partial charge in [0.2, 0.25) is 5.91 Å². The van der Waals surface area contributed by atoms with Crippen molar-refractivity contribution >= 4 is 23.2 Å². The zero-order valence-electron chi connectivity index (χ0n) is 13.2. The van der Waals surface area contributed by atoms with Gasteiger partial charge in [-0.05, 0) is 36.4 Å². The molecule has 0 radical (unpaired) electrons. The van der Waals surface area contributed by atoms with Crippen LogP contribution in [0.4, 0.5) is 11.4 Å². The molecule has 1 heterocycles. The molecule has 0 bridgehead atoms. The van der Waals surface area contributed by atoms with Crippen molar-refractivity contribution in [2.75, 3.05) is 36.5 Å². The van der Waals surface area contributed by atoms with Crippen molar-refractivity contribution in [3.63, 3.8) is 0 Å².